The van der Waals surface area contributed by atoms with E-state index >= 15 is 0 Å². The van der Waals surface area contributed by atoms with Gasteiger partial charge in [-0.15, -0.1) is 0 Å². The van der Waals surface area contributed by atoms with Gasteiger partial charge in [0.2, 0.25) is 0 Å². The molecule has 0 saturated heterocycles. The molecule has 0 atom stereocenters. The Morgan fingerprint density at radius 3 is 0.841 bits per heavy atom. The van der Waals surface area contributed by atoms with Crippen molar-refractivity contribution >= 4 is 0 Å². The zero-order valence-electron chi connectivity index (χ0n) is 44.5. The van der Waals surface area contributed by atoms with Crippen molar-refractivity contribution < 1.29 is 0 Å². The Labute approximate surface area is 477 Å². The van der Waals surface area contributed by atoms with Crippen molar-refractivity contribution in [1.29, 1.82) is 10.5 Å². The Balaban J connectivity index is 1.06. The fourth-order valence-electron chi connectivity index (χ4n) is 11.4. The number of rotatable bonds is 12. The number of pyridine rings is 3. The monoisotopic (exact) mass is 1040 g/mol. The van der Waals surface area contributed by atoms with Crippen molar-refractivity contribution in [2.75, 3.05) is 0 Å². The van der Waals surface area contributed by atoms with Crippen molar-refractivity contribution in [3.05, 3.63) is 309 Å². The lowest BCUT2D eigenvalue weighted by Crippen LogP contribution is -1.95. The molecular formula is C77H49N5. The number of nitrogens with zero attached hydrogens (tertiary/aromatic N) is 5. The molecule has 5 heteroatoms. The lowest BCUT2D eigenvalue weighted by atomic mass is 9.83. The van der Waals surface area contributed by atoms with Crippen LogP contribution in [0.2, 0.25) is 0 Å². The van der Waals surface area contributed by atoms with E-state index in [4.69, 9.17) is 15.0 Å². The van der Waals surface area contributed by atoms with Gasteiger partial charge in [-0.05, 0) is 174 Å². The van der Waals surface area contributed by atoms with Gasteiger partial charge in [0.25, 0.3) is 0 Å². The predicted molar refractivity (Wildman–Crippen MR) is 334 cm³/mol. The molecule has 0 aliphatic rings. The summed E-state index contributed by atoms with van der Waals surface area (Å²) in [7, 11) is 0. The molecule has 0 aliphatic carbocycles. The standard InChI is InChI=1S/C77H49N5/c78-50-56-22-4-6-24-61(56)73-48-54(76-33-15-18-42-81-76)36-39-70(73)67-30-12-9-27-64(67)59-44-58(63-26-8-11-29-66(63)69-38-35-53(75-32-14-17-41-80-75)47-72(69)52-20-2-1-3-21-52)45-60(46-59)65-28-10-13-31-68(65)71-40-37-55(77-34-16-19-43-82-77)49-74(71)62-25-7-5-23-57(62)51-79/h1-49H. The van der Waals surface area contributed by atoms with E-state index in [-0.39, 0.29) is 0 Å². The van der Waals surface area contributed by atoms with Crippen molar-refractivity contribution in [3.8, 4) is 146 Å². The predicted octanol–water partition coefficient (Wildman–Crippen LogP) is 19.6. The summed E-state index contributed by atoms with van der Waals surface area (Å²) in [6, 6.07) is 102. The third-order valence-corrected chi connectivity index (χ3v) is 15.2. The summed E-state index contributed by atoms with van der Waals surface area (Å²) in [5, 5.41) is 21.2. The highest BCUT2D eigenvalue weighted by molar-refractivity contribution is 6.01. The van der Waals surface area contributed by atoms with Crippen molar-refractivity contribution in [2.45, 2.75) is 0 Å². The van der Waals surface area contributed by atoms with Gasteiger partial charge in [-0.1, -0.05) is 194 Å². The molecule has 82 heavy (non-hydrogen) atoms. The zero-order valence-corrected chi connectivity index (χ0v) is 44.5. The molecule has 0 bridgehead atoms. The van der Waals surface area contributed by atoms with Crippen LogP contribution in [-0.4, -0.2) is 15.0 Å². The molecule has 10 aromatic carbocycles. The Morgan fingerprint density at radius 2 is 0.488 bits per heavy atom. The third kappa shape index (κ3) is 9.84. The lowest BCUT2D eigenvalue weighted by molar-refractivity contribution is 1.33. The minimum Gasteiger partial charge on any atom is -0.256 e. The minimum absolute atomic E-state index is 0.588. The molecule has 0 radical (unpaired) electrons. The molecule has 0 unspecified atom stereocenters. The van der Waals surface area contributed by atoms with Crippen molar-refractivity contribution in [2.24, 2.45) is 0 Å². The summed E-state index contributed by atoms with van der Waals surface area (Å²) in [6.45, 7) is 0. The zero-order chi connectivity index (χ0) is 55.2. The molecule has 0 amide bonds. The lowest BCUT2D eigenvalue weighted by Gasteiger charge is -2.21. The average molecular weight is 1040 g/mol. The van der Waals surface area contributed by atoms with Crippen molar-refractivity contribution in [3.63, 3.8) is 0 Å². The Kier molecular flexibility index (Phi) is 13.8. The van der Waals surface area contributed by atoms with Crippen LogP contribution >= 0.6 is 0 Å². The highest BCUT2D eigenvalue weighted by Gasteiger charge is 2.22. The fourth-order valence-corrected chi connectivity index (χ4v) is 11.4. The molecule has 0 aliphatic heterocycles. The summed E-state index contributed by atoms with van der Waals surface area (Å²) >= 11 is 0. The van der Waals surface area contributed by atoms with Gasteiger partial charge in [0.15, 0.2) is 0 Å². The number of hydrogen-bond acceptors (Lipinski definition) is 5. The van der Waals surface area contributed by atoms with Crippen LogP contribution in [0.1, 0.15) is 11.1 Å². The smallest absolute Gasteiger partial charge is 0.0998 e. The van der Waals surface area contributed by atoms with Crippen LogP contribution in [0, 0.1) is 22.7 Å². The van der Waals surface area contributed by atoms with Crippen LogP contribution < -0.4 is 0 Å². The van der Waals surface area contributed by atoms with Gasteiger partial charge in [0.1, 0.15) is 0 Å². The average Bonchev–Trinajstić information content (AvgIpc) is 3.72. The molecular weight excluding hydrogens is 995 g/mol. The molecule has 13 rings (SSSR count). The van der Waals surface area contributed by atoms with Crippen LogP contribution in [0.4, 0.5) is 0 Å². The maximum Gasteiger partial charge on any atom is 0.0998 e. The van der Waals surface area contributed by atoms with Gasteiger partial charge in [0.05, 0.1) is 40.3 Å². The number of hydrogen-bond donors (Lipinski definition) is 0. The number of benzene rings is 10. The summed E-state index contributed by atoms with van der Waals surface area (Å²) in [5.41, 5.74) is 24.8. The van der Waals surface area contributed by atoms with E-state index in [9.17, 15) is 10.5 Å². The molecule has 382 valence electrons. The first-order valence-electron chi connectivity index (χ1n) is 27.3. The summed E-state index contributed by atoms with van der Waals surface area (Å²) in [5.74, 6) is 0. The second-order valence-electron chi connectivity index (χ2n) is 20.0. The van der Waals surface area contributed by atoms with Gasteiger partial charge in [-0.2, -0.15) is 10.5 Å². The maximum atomic E-state index is 10.6. The van der Waals surface area contributed by atoms with Gasteiger partial charge in [-0.3, -0.25) is 15.0 Å². The first-order valence-corrected chi connectivity index (χ1v) is 27.3. The Morgan fingerprint density at radius 1 is 0.195 bits per heavy atom. The molecule has 13 aromatic rings. The first-order chi connectivity index (χ1) is 40.6. The number of nitriles is 2. The largest absolute Gasteiger partial charge is 0.256 e. The Hall–Kier alpha value is -11.4. The van der Waals surface area contributed by atoms with Crippen LogP contribution in [0.15, 0.2) is 298 Å². The molecule has 0 saturated carbocycles. The van der Waals surface area contributed by atoms with E-state index in [1.807, 2.05) is 116 Å². The maximum absolute atomic E-state index is 10.6. The summed E-state index contributed by atoms with van der Waals surface area (Å²) in [6.07, 6.45) is 5.46. The van der Waals surface area contributed by atoms with E-state index in [1.165, 1.54) is 0 Å². The van der Waals surface area contributed by atoms with Crippen LogP contribution in [0.3, 0.4) is 0 Å². The summed E-state index contributed by atoms with van der Waals surface area (Å²) in [4.78, 5) is 14.2. The highest BCUT2D eigenvalue weighted by Crippen LogP contribution is 2.48. The SMILES string of the molecule is N#Cc1ccccc1-c1cc(-c2ccccn2)ccc1-c1ccccc1-c1cc(-c2ccccc2-c2ccc(-c3ccccn3)cc2-c2ccccc2)cc(-c2ccccc2-c2ccc(-c3ccccn3)cc2-c2ccccc2C#N)c1. The molecule has 3 heterocycles. The highest BCUT2D eigenvalue weighted by atomic mass is 14.7. The van der Waals surface area contributed by atoms with E-state index in [1.54, 1.807) is 0 Å². The van der Waals surface area contributed by atoms with Crippen LogP contribution in [0.25, 0.3) is 134 Å². The van der Waals surface area contributed by atoms with E-state index in [2.05, 4.69) is 194 Å². The van der Waals surface area contributed by atoms with Gasteiger partial charge < -0.3 is 0 Å². The van der Waals surface area contributed by atoms with Crippen LogP contribution in [-0.2, 0) is 0 Å². The molecule has 0 spiro atoms. The van der Waals surface area contributed by atoms with Gasteiger partial charge in [0, 0.05) is 46.4 Å². The topological polar surface area (TPSA) is 86.2 Å². The Bertz CT molecular complexity index is 4370. The second-order valence-corrected chi connectivity index (χ2v) is 20.0. The van der Waals surface area contributed by atoms with Gasteiger partial charge in [-0.25, -0.2) is 0 Å². The normalized spacial score (nSPS) is 10.9. The van der Waals surface area contributed by atoms with E-state index in [0.29, 0.717) is 11.1 Å². The quantitative estimate of drug-likeness (QED) is 0.122. The van der Waals surface area contributed by atoms with Gasteiger partial charge >= 0.3 is 0 Å². The first kappa shape index (κ1) is 50.2. The second kappa shape index (κ2) is 22.5. The molecule has 0 fully saturated rings. The third-order valence-electron chi connectivity index (χ3n) is 15.2. The summed E-state index contributed by atoms with van der Waals surface area (Å²) < 4.78 is 0. The van der Waals surface area contributed by atoms with E-state index < -0.39 is 0 Å². The minimum atomic E-state index is 0.588. The fraction of sp³-hybridized carbons (Fsp3) is 0. The molecule has 3 aromatic heterocycles. The molecule has 0 N–H and O–H groups in total. The van der Waals surface area contributed by atoms with Crippen molar-refractivity contribution in [1.82, 2.24) is 15.0 Å². The molecule has 5 nitrogen and oxygen atoms in total. The number of aromatic nitrogens is 3. The van der Waals surface area contributed by atoms with E-state index in [0.717, 1.165) is 134 Å². The van der Waals surface area contributed by atoms with Crippen LogP contribution in [0.5, 0.6) is 0 Å².